The van der Waals surface area contributed by atoms with Crippen molar-refractivity contribution in [3.05, 3.63) is 114 Å². The van der Waals surface area contributed by atoms with Crippen LogP contribution < -0.4 is 4.74 Å². The molecule has 0 radical (unpaired) electrons. The standard InChI is InChI=1S/C32H28O2/c1-3-5-6-21-34-31-20-19-29-22-25(11-14-30(29)23-31)8-7-24-9-12-26(13-10-24)27-15-17-28(18-16-27)32(33)4-2/h4,9-20,22-23H,2-3,5-6,21H2,1H3. The van der Waals surface area contributed by atoms with E-state index in [4.69, 9.17) is 4.74 Å². The van der Waals surface area contributed by atoms with Crippen LogP contribution in [-0.4, -0.2) is 12.4 Å². The zero-order valence-corrected chi connectivity index (χ0v) is 19.5. The van der Waals surface area contributed by atoms with Crippen LogP contribution in [0.4, 0.5) is 0 Å². The highest BCUT2D eigenvalue weighted by atomic mass is 16.5. The van der Waals surface area contributed by atoms with Gasteiger partial charge in [0.25, 0.3) is 0 Å². The molecular formula is C32H28O2. The van der Waals surface area contributed by atoms with Crippen LogP contribution in [0, 0.1) is 11.8 Å². The Morgan fingerprint density at radius 1 is 0.794 bits per heavy atom. The Balaban J connectivity index is 1.44. The molecule has 0 aromatic heterocycles. The van der Waals surface area contributed by atoms with E-state index in [9.17, 15) is 4.79 Å². The maximum absolute atomic E-state index is 11.7. The summed E-state index contributed by atoms with van der Waals surface area (Å²) in [6.45, 7) is 6.49. The Morgan fingerprint density at radius 2 is 1.41 bits per heavy atom. The summed E-state index contributed by atoms with van der Waals surface area (Å²) in [6.07, 6.45) is 4.82. The summed E-state index contributed by atoms with van der Waals surface area (Å²) in [7, 11) is 0. The van der Waals surface area contributed by atoms with Crippen molar-refractivity contribution in [1.29, 1.82) is 0 Å². The lowest BCUT2D eigenvalue weighted by Crippen LogP contribution is -1.96. The smallest absolute Gasteiger partial charge is 0.185 e. The quantitative estimate of drug-likeness (QED) is 0.120. The lowest BCUT2D eigenvalue weighted by Gasteiger charge is -2.07. The number of benzene rings is 4. The number of hydrogen-bond acceptors (Lipinski definition) is 2. The molecule has 4 aromatic rings. The van der Waals surface area contributed by atoms with Crippen LogP contribution in [0.3, 0.4) is 0 Å². The van der Waals surface area contributed by atoms with Crippen molar-refractivity contribution in [1.82, 2.24) is 0 Å². The van der Waals surface area contributed by atoms with Gasteiger partial charge >= 0.3 is 0 Å². The fourth-order valence-electron chi connectivity index (χ4n) is 3.77. The van der Waals surface area contributed by atoms with E-state index in [2.05, 4.69) is 67.8 Å². The Bertz CT molecular complexity index is 1350. The van der Waals surface area contributed by atoms with E-state index in [0.717, 1.165) is 51.8 Å². The van der Waals surface area contributed by atoms with Crippen molar-refractivity contribution < 1.29 is 9.53 Å². The summed E-state index contributed by atoms with van der Waals surface area (Å²) in [5, 5.41) is 2.31. The summed E-state index contributed by atoms with van der Waals surface area (Å²) < 4.78 is 5.87. The predicted octanol–water partition coefficient (Wildman–Crippen LogP) is 7.84. The molecule has 0 unspecified atom stereocenters. The highest BCUT2D eigenvalue weighted by Gasteiger charge is 2.03. The lowest BCUT2D eigenvalue weighted by molar-refractivity contribution is 0.104. The number of carbonyl (C=O) groups is 1. The van der Waals surface area contributed by atoms with Crippen LogP contribution in [-0.2, 0) is 0 Å². The molecule has 0 aliphatic carbocycles. The van der Waals surface area contributed by atoms with Gasteiger partial charge in [0.05, 0.1) is 6.61 Å². The molecule has 0 N–H and O–H groups in total. The number of unbranched alkanes of at least 4 members (excludes halogenated alkanes) is 2. The molecule has 0 saturated heterocycles. The molecule has 0 saturated carbocycles. The minimum atomic E-state index is -0.0676. The maximum atomic E-state index is 11.7. The molecule has 4 rings (SSSR count). The summed E-state index contributed by atoms with van der Waals surface area (Å²) in [5.74, 6) is 7.38. The van der Waals surface area contributed by atoms with E-state index in [1.165, 1.54) is 18.9 Å². The second-order valence-electron chi connectivity index (χ2n) is 8.25. The average Bonchev–Trinajstić information content (AvgIpc) is 2.90. The minimum Gasteiger partial charge on any atom is -0.494 e. The molecule has 0 fully saturated rings. The number of fused-ring (bicyclic) bond motifs is 1. The minimum absolute atomic E-state index is 0.0676. The van der Waals surface area contributed by atoms with E-state index in [0.29, 0.717) is 5.56 Å². The van der Waals surface area contributed by atoms with Crippen LogP contribution in [0.5, 0.6) is 5.75 Å². The molecule has 168 valence electrons. The van der Waals surface area contributed by atoms with Gasteiger partial charge in [0.1, 0.15) is 5.75 Å². The van der Waals surface area contributed by atoms with Crippen LogP contribution in [0.1, 0.15) is 47.7 Å². The average molecular weight is 445 g/mol. The predicted molar refractivity (Wildman–Crippen MR) is 141 cm³/mol. The molecule has 0 amide bonds. The first kappa shape index (κ1) is 23.1. The van der Waals surface area contributed by atoms with Gasteiger partial charge in [0.15, 0.2) is 5.78 Å². The lowest BCUT2D eigenvalue weighted by atomic mass is 10.0. The zero-order chi connectivity index (χ0) is 23.8. The van der Waals surface area contributed by atoms with Crippen LogP contribution >= 0.6 is 0 Å². The molecule has 0 bridgehead atoms. The van der Waals surface area contributed by atoms with Gasteiger partial charge < -0.3 is 4.74 Å². The van der Waals surface area contributed by atoms with Crippen molar-refractivity contribution in [3.8, 4) is 28.7 Å². The van der Waals surface area contributed by atoms with Gasteiger partial charge in [-0.3, -0.25) is 4.79 Å². The van der Waals surface area contributed by atoms with Gasteiger partial charge in [-0.15, -0.1) is 0 Å². The second kappa shape index (κ2) is 11.2. The van der Waals surface area contributed by atoms with Gasteiger partial charge in [-0.2, -0.15) is 0 Å². The zero-order valence-electron chi connectivity index (χ0n) is 19.5. The van der Waals surface area contributed by atoms with Crippen LogP contribution in [0.2, 0.25) is 0 Å². The first-order valence-electron chi connectivity index (χ1n) is 11.7. The first-order valence-corrected chi connectivity index (χ1v) is 11.7. The Labute approximate surface area is 201 Å². The Kier molecular flexibility index (Phi) is 7.58. The van der Waals surface area contributed by atoms with Crippen molar-refractivity contribution in [2.24, 2.45) is 0 Å². The third kappa shape index (κ3) is 5.82. The monoisotopic (exact) mass is 444 g/mol. The van der Waals surface area contributed by atoms with E-state index in [-0.39, 0.29) is 5.78 Å². The molecule has 2 nitrogen and oxygen atoms in total. The van der Waals surface area contributed by atoms with E-state index in [1.54, 1.807) is 0 Å². The third-order valence-corrected chi connectivity index (χ3v) is 5.75. The number of rotatable bonds is 8. The Morgan fingerprint density at radius 3 is 2.12 bits per heavy atom. The van der Waals surface area contributed by atoms with Crippen LogP contribution in [0.15, 0.2) is 97.6 Å². The van der Waals surface area contributed by atoms with E-state index < -0.39 is 0 Å². The second-order valence-corrected chi connectivity index (χ2v) is 8.25. The normalized spacial score (nSPS) is 10.4. The molecule has 0 spiro atoms. The fourth-order valence-corrected chi connectivity index (χ4v) is 3.77. The highest BCUT2D eigenvalue weighted by Crippen LogP contribution is 2.23. The van der Waals surface area contributed by atoms with Crippen molar-refractivity contribution in [2.45, 2.75) is 26.2 Å². The third-order valence-electron chi connectivity index (χ3n) is 5.75. The number of ether oxygens (including phenoxy) is 1. The molecule has 34 heavy (non-hydrogen) atoms. The first-order chi connectivity index (χ1) is 16.7. The summed E-state index contributed by atoms with van der Waals surface area (Å²) >= 11 is 0. The summed E-state index contributed by atoms with van der Waals surface area (Å²) in [4.78, 5) is 11.7. The number of allylic oxidation sites excluding steroid dienone is 1. The maximum Gasteiger partial charge on any atom is 0.185 e. The van der Waals surface area contributed by atoms with Crippen molar-refractivity contribution in [2.75, 3.05) is 6.61 Å². The highest BCUT2D eigenvalue weighted by molar-refractivity contribution is 6.04. The molecule has 2 heteroatoms. The van der Waals surface area contributed by atoms with Gasteiger partial charge in [-0.25, -0.2) is 0 Å². The van der Waals surface area contributed by atoms with Gasteiger partial charge in [0, 0.05) is 16.7 Å². The van der Waals surface area contributed by atoms with Gasteiger partial charge in [0.2, 0.25) is 0 Å². The number of carbonyl (C=O) groups excluding carboxylic acids is 1. The Hall–Kier alpha value is -4.09. The topological polar surface area (TPSA) is 26.3 Å². The van der Waals surface area contributed by atoms with Crippen molar-refractivity contribution >= 4 is 16.6 Å². The van der Waals surface area contributed by atoms with Crippen LogP contribution in [0.25, 0.3) is 21.9 Å². The van der Waals surface area contributed by atoms with Gasteiger partial charge in [-0.05, 0) is 70.8 Å². The van der Waals surface area contributed by atoms with Crippen molar-refractivity contribution in [3.63, 3.8) is 0 Å². The summed E-state index contributed by atoms with van der Waals surface area (Å²) in [5.41, 5.74) is 4.73. The summed E-state index contributed by atoms with van der Waals surface area (Å²) in [6, 6.07) is 28.2. The molecule has 0 aliphatic rings. The molecule has 0 atom stereocenters. The largest absolute Gasteiger partial charge is 0.494 e. The fraction of sp³-hybridized carbons (Fsp3) is 0.156. The number of hydrogen-bond donors (Lipinski definition) is 0. The molecule has 4 aromatic carbocycles. The van der Waals surface area contributed by atoms with Gasteiger partial charge in [-0.1, -0.05) is 86.7 Å². The van der Waals surface area contributed by atoms with E-state index in [1.807, 2.05) is 42.5 Å². The molecule has 0 aliphatic heterocycles. The molecule has 0 heterocycles. The number of ketones is 1. The molecular weight excluding hydrogens is 416 g/mol. The SMILES string of the molecule is C=CC(=O)c1ccc(-c2ccc(C#Cc3ccc4cc(OCCCCC)ccc4c3)cc2)cc1. The van der Waals surface area contributed by atoms with E-state index >= 15 is 0 Å².